The molecule has 2 rings (SSSR count). The molecule has 1 aliphatic rings. The third kappa shape index (κ3) is 14.6. The van der Waals surface area contributed by atoms with Crippen LogP contribution in [0.4, 0.5) is 0 Å². The fraction of sp³-hybridized carbons (Fsp3) is 0.429. The zero-order chi connectivity index (χ0) is 23.0. The van der Waals surface area contributed by atoms with E-state index in [1.165, 1.54) is 42.4 Å². The van der Waals surface area contributed by atoms with Crippen LogP contribution in [0.3, 0.4) is 0 Å². The number of nitrogens with two attached hydrogens (primary N) is 1. The van der Waals surface area contributed by atoms with Gasteiger partial charge in [0.1, 0.15) is 0 Å². The highest BCUT2D eigenvalue weighted by Gasteiger charge is 2.35. The molecule has 1 unspecified atom stereocenters. The summed E-state index contributed by atoms with van der Waals surface area (Å²) < 4.78 is 0. The van der Waals surface area contributed by atoms with Crippen molar-refractivity contribution in [2.24, 2.45) is 16.1 Å². The van der Waals surface area contributed by atoms with Gasteiger partial charge in [0.05, 0.1) is 0 Å². The van der Waals surface area contributed by atoms with Gasteiger partial charge in [-0.05, 0) is 81.6 Å². The summed E-state index contributed by atoms with van der Waals surface area (Å²) in [4.78, 5) is 4.30. The van der Waals surface area contributed by atoms with Crippen molar-refractivity contribution in [2.75, 3.05) is 6.54 Å². The van der Waals surface area contributed by atoms with Crippen LogP contribution in [0.25, 0.3) is 5.57 Å². The Morgan fingerprint density at radius 2 is 1.87 bits per heavy atom. The van der Waals surface area contributed by atoms with Gasteiger partial charge in [-0.2, -0.15) is 0 Å². The Morgan fingerprint density at radius 1 is 1.30 bits per heavy atom. The molecular formula is C28H42N2. The van der Waals surface area contributed by atoms with E-state index in [2.05, 4.69) is 88.5 Å². The SMILES string of the molecule is C/C=C(/C)c1ccc(C)cc1.C=C=CC(=C)C=NCCCC1(C)CC1.C=CC(C)N. The van der Waals surface area contributed by atoms with E-state index in [-0.39, 0.29) is 6.04 Å². The lowest BCUT2D eigenvalue weighted by Gasteiger charge is -2.04. The Labute approximate surface area is 185 Å². The Hall–Kier alpha value is -2.41. The third-order valence-corrected chi connectivity index (χ3v) is 5.03. The minimum Gasteiger partial charge on any atom is -0.325 e. The molecule has 0 heterocycles. The first-order valence-corrected chi connectivity index (χ1v) is 10.8. The van der Waals surface area contributed by atoms with E-state index in [0.29, 0.717) is 5.41 Å². The summed E-state index contributed by atoms with van der Waals surface area (Å²) in [6.45, 7) is 22.2. The van der Waals surface area contributed by atoms with Crippen LogP contribution in [-0.2, 0) is 0 Å². The molecule has 2 heteroatoms. The predicted octanol–water partition coefficient (Wildman–Crippen LogP) is 7.47. The summed E-state index contributed by atoms with van der Waals surface area (Å²) in [5.74, 6) is 0. The number of nitrogens with zero attached hydrogens (tertiary/aromatic N) is 1. The van der Waals surface area contributed by atoms with Gasteiger partial charge in [0, 0.05) is 18.8 Å². The summed E-state index contributed by atoms with van der Waals surface area (Å²) >= 11 is 0. The molecule has 1 aromatic rings. The van der Waals surface area contributed by atoms with E-state index in [4.69, 9.17) is 5.73 Å². The van der Waals surface area contributed by atoms with Crippen molar-refractivity contribution in [1.82, 2.24) is 0 Å². The number of hydrogen-bond donors (Lipinski definition) is 1. The quantitative estimate of drug-likeness (QED) is 0.157. The van der Waals surface area contributed by atoms with Gasteiger partial charge in [-0.3, -0.25) is 4.99 Å². The molecule has 30 heavy (non-hydrogen) atoms. The highest BCUT2D eigenvalue weighted by molar-refractivity contribution is 5.81. The van der Waals surface area contributed by atoms with Gasteiger partial charge < -0.3 is 5.73 Å². The molecule has 0 amide bonds. The van der Waals surface area contributed by atoms with Crippen molar-refractivity contribution in [1.29, 1.82) is 0 Å². The molecule has 2 N–H and O–H groups in total. The normalized spacial score (nSPS) is 14.9. The average molecular weight is 407 g/mol. The topological polar surface area (TPSA) is 38.4 Å². The lowest BCUT2D eigenvalue weighted by molar-refractivity contribution is 0.500. The van der Waals surface area contributed by atoms with Gasteiger partial charge in [0.25, 0.3) is 0 Å². The Balaban J connectivity index is 0.000000468. The molecule has 0 bridgehead atoms. The lowest BCUT2D eigenvalue weighted by Crippen LogP contribution is -2.09. The van der Waals surface area contributed by atoms with Crippen LogP contribution in [0.5, 0.6) is 0 Å². The van der Waals surface area contributed by atoms with E-state index in [1.54, 1.807) is 18.4 Å². The molecular weight excluding hydrogens is 364 g/mol. The summed E-state index contributed by atoms with van der Waals surface area (Å²) in [6, 6.07) is 8.75. The van der Waals surface area contributed by atoms with Crippen molar-refractivity contribution in [3.8, 4) is 0 Å². The average Bonchev–Trinajstić information content (AvgIpc) is 3.46. The zero-order valence-electron chi connectivity index (χ0n) is 19.9. The molecule has 1 saturated carbocycles. The minimum absolute atomic E-state index is 0.148. The summed E-state index contributed by atoms with van der Waals surface area (Å²) in [5, 5.41) is 0. The van der Waals surface area contributed by atoms with Gasteiger partial charge in [-0.25, -0.2) is 0 Å². The molecule has 1 aliphatic carbocycles. The molecule has 0 aromatic heterocycles. The van der Waals surface area contributed by atoms with Crippen molar-refractivity contribution < 1.29 is 0 Å². The highest BCUT2D eigenvalue weighted by atomic mass is 14.7. The molecule has 0 aliphatic heterocycles. The second-order valence-corrected chi connectivity index (χ2v) is 8.31. The maximum absolute atomic E-state index is 5.17. The highest BCUT2D eigenvalue weighted by Crippen LogP contribution is 2.48. The Morgan fingerprint density at radius 3 is 2.30 bits per heavy atom. The van der Waals surface area contributed by atoms with Crippen LogP contribution in [0.2, 0.25) is 0 Å². The summed E-state index contributed by atoms with van der Waals surface area (Å²) in [6.07, 6.45) is 12.7. The minimum atomic E-state index is 0.148. The number of benzene rings is 1. The maximum atomic E-state index is 5.17. The van der Waals surface area contributed by atoms with Crippen molar-refractivity contribution in [2.45, 2.75) is 66.3 Å². The standard InChI is InChI=1S/C13H19N.C11H14.C4H9N/c1-4-6-12(2)11-14-10-5-7-13(3)8-9-13;1-4-10(3)11-7-5-9(2)6-8-11;1-3-4(2)5/h6,11H,1-2,5,7-10H2,3H3;4-8H,1-3H3;3-4H,1,5H2,2H3/b;10-4-;. The van der Waals surface area contributed by atoms with Gasteiger partial charge in [0.2, 0.25) is 0 Å². The van der Waals surface area contributed by atoms with Gasteiger partial charge >= 0.3 is 0 Å². The van der Waals surface area contributed by atoms with Crippen LogP contribution < -0.4 is 5.73 Å². The van der Waals surface area contributed by atoms with Gasteiger partial charge in [-0.15, -0.1) is 12.3 Å². The van der Waals surface area contributed by atoms with Crippen LogP contribution >= 0.6 is 0 Å². The van der Waals surface area contributed by atoms with E-state index >= 15 is 0 Å². The van der Waals surface area contributed by atoms with Crippen molar-refractivity contribution >= 4 is 11.8 Å². The lowest BCUT2D eigenvalue weighted by atomic mass is 10.0. The number of allylic oxidation sites excluding steroid dienone is 4. The molecule has 1 fully saturated rings. The Kier molecular flexibility index (Phi) is 14.2. The van der Waals surface area contributed by atoms with E-state index in [1.807, 2.05) is 6.92 Å². The van der Waals surface area contributed by atoms with Crippen LogP contribution in [0.15, 0.2) is 78.5 Å². The fourth-order valence-corrected chi connectivity index (χ4v) is 2.39. The Bertz CT molecular complexity index is 737. The molecule has 0 saturated heterocycles. The van der Waals surface area contributed by atoms with E-state index in [0.717, 1.165) is 12.1 Å². The van der Waals surface area contributed by atoms with E-state index in [9.17, 15) is 0 Å². The fourth-order valence-electron chi connectivity index (χ4n) is 2.39. The van der Waals surface area contributed by atoms with Gasteiger partial charge in [0.15, 0.2) is 0 Å². The number of aliphatic imine (C=N–C) groups is 1. The maximum Gasteiger partial charge on any atom is 0.0389 e. The first-order chi connectivity index (χ1) is 14.2. The molecule has 164 valence electrons. The predicted molar refractivity (Wildman–Crippen MR) is 137 cm³/mol. The van der Waals surface area contributed by atoms with Crippen LogP contribution in [0.1, 0.15) is 64.5 Å². The van der Waals surface area contributed by atoms with Crippen molar-refractivity contribution in [3.05, 3.63) is 84.7 Å². The number of rotatable bonds is 8. The summed E-state index contributed by atoms with van der Waals surface area (Å²) in [7, 11) is 0. The monoisotopic (exact) mass is 406 g/mol. The molecule has 1 aromatic carbocycles. The smallest absolute Gasteiger partial charge is 0.0389 e. The second kappa shape index (κ2) is 15.4. The van der Waals surface area contributed by atoms with Gasteiger partial charge in [-0.1, -0.05) is 62.1 Å². The molecule has 0 spiro atoms. The summed E-state index contributed by atoms with van der Waals surface area (Å²) in [5.41, 5.74) is 13.4. The van der Waals surface area contributed by atoms with Crippen molar-refractivity contribution in [3.63, 3.8) is 0 Å². The largest absolute Gasteiger partial charge is 0.325 e. The van der Waals surface area contributed by atoms with Crippen LogP contribution in [0, 0.1) is 12.3 Å². The number of aryl methyl sites for hydroxylation is 1. The molecule has 1 atom stereocenters. The third-order valence-electron chi connectivity index (χ3n) is 5.03. The van der Waals surface area contributed by atoms with E-state index < -0.39 is 0 Å². The zero-order valence-corrected chi connectivity index (χ0v) is 19.9. The first-order valence-electron chi connectivity index (χ1n) is 10.8. The van der Waals surface area contributed by atoms with Crippen LogP contribution in [-0.4, -0.2) is 18.8 Å². The second-order valence-electron chi connectivity index (χ2n) is 8.31. The first kappa shape index (κ1) is 27.6. The number of hydrogen-bond acceptors (Lipinski definition) is 2. The molecule has 0 radical (unpaired) electrons. The molecule has 2 nitrogen and oxygen atoms in total.